The molecule has 1 fully saturated rings. The lowest BCUT2D eigenvalue weighted by atomic mass is 9.83. The van der Waals surface area contributed by atoms with Crippen LogP contribution in [-0.4, -0.2) is 78.1 Å². The van der Waals surface area contributed by atoms with Crippen LogP contribution in [0.1, 0.15) is 31.2 Å². The Labute approximate surface area is 193 Å². The third-order valence-electron chi connectivity index (χ3n) is 6.31. The van der Waals surface area contributed by atoms with E-state index < -0.39 is 17.8 Å². The second-order valence-electron chi connectivity index (χ2n) is 8.32. The SMILES string of the molecule is CN1C(=O)C(=C2C=C(c3ccccc3)N(CCOCCO)C3=C2CCCC3)C(=O)N(C)C1=O. The number of likely N-dealkylation sites (N-methyl/N-ethyl adjacent to an activating group) is 2. The lowest BCUT2D eigenvalue weighted by molar-refractivity contribution is -0.134. The van der Waals surface area contributed by atoms with Crippen LogP contribution in [0.5, 0.6) is 0 Å². The summed E-state index contributed by atoms with van der Waals surface area (Å²) in [6.45, 7) is 1.26. The summed E-state index contributed by atoms with van der Waals surface area (Å²) in [5.41, 5.74) is 4.56. The van der Waals surface area contributed by atoms with Crippen LogP contribution in [0.4, 0.5) is 4.79 Å². The van der Waals surface area contributed by atoms with Crippen molar-refractivity contribution in [2.24, 2.45) is 0 Å². The Morgan fingerprint density at radius 3 is 2.27 bits per heavy atom. The van der Waals surface area contributed by atoms with Crippen LogP contribution in [0, 0.1) is 0 Å². The topological polar surface area (TPSA) is 90.4 Å². The third kappa shape index (κ3) is 4.24. The average Bonchev–Trinajstić information content (AvgIpc) is 2.85. The third-order valence-corrected chi connectivity index (χ3v) is 6.31. The highest BCUT2D eigenvalue weighted by Crippen LogP contribution is 2.43. The number of nitrogens with zero attached hydrogens (tertiary/aromatic N) is 3. The van der Waals surface area contributed by atoms with Gasteiger partial charge < -0.3 is 14.7 Å². The molecular weight excluding hydrogens is 422 g/mol. The maximum Gasteiger partial charge on any atom is 0.333 e. The van der Waals surface area contributed by atoms with Crippen LogP contribution in [-0.2, 0) is 14.3 Å². The fraction of sp³-hybridized carbons (Fsp3) is 0.400. The number of aliphatic hydroxyl groups is 1. The summed E-state index contributed by atoms with van der Waals surface area (Å²) in [6.07, 6.45) is 5.46. The lowest BCUT2D eigenvalue weighted by Crippen LogP contribution is -2.53. The van der Waals surface area contributed by atoms with E-state index in [-0.39, 0.29) is 18.8 Å². The van der Waals surface area contributed by atoms with Gasteiger partial charge in [-0.2, -0.15) is 0 Å². The molecule has 0 saturated carbocycles. The molecule has 0 aromatic heterocycles. The number of benzene rings is 1. The molecule has 174 valence electrons. The Balaban J connectivity index is 1.88. The van der Waals surface area contributed by atoms with Gasteiger partial charge in [0, 0.05) is 32.0 Å². The van der Waals surface area contributed by atoms with Gasteiger partial charge in [-0.25, -0.2) is 4.79 Å². The Kier molecular flexibility index (Phi) is 6.76. The summed E-state index contributed by atoms with van der Waals surface area (Å²) < 4.78 is 5.55. The second kappa shape index (κ2) is 9.72. The van der Waals surface area contributed by atoms with Gasteiger partial charge in [0.25, 0.3) is 11.8 Å². The Hall–Kier alpha value is -3.23. The smallest absolute Gasteiger partial charge is 0.333 e. The molecule has 2 heterocycles. The predicted molar refractivity (Wildman–Crippen MR) is 122 cm³/mol. The van der Waals surface area contributed by atoms with Crippen molar-refractivity contribution in [1.29, 1.82) is 0 Å². The molecule has 1 saturated heterocycles. The van der Waals surface area contributed by atoms with E-state index in [1.54, 1.807) is 0 Å². The number of hydrogen-bond donors (Lipinski definition) is 1. The quantitative estimate of drug-likeness (QED) is 0.406. The molecular formula is C25H29N3O5. The first-order valence-corrected chi connectivity index (χ1v) is 11.3. The van der Waals surface area contributed by atoms with Crippen molar-refractivity contribution < 1.29 is 24.2 Å². The van der Waals surface area contributed by atoms with Gasteiger partial charge in [-0.05, 0) is 48.5 Å². The zero-order valence-corrected chi connectivity index (χ0v) is 19.0. The molecule has 0 atom stereocenters. The van der Waals surface area contributed by atoms with Crippen LogP contribution >= 0.6 is 0 Å². The number of urea groups is 1. The first-order valence-electron chi connectivity index (χ1n) is 11.3. The summed E-state index contributed by atoms with van der Waals surface area (Å²) in [4.78, 5) is 42.7. The van der Waals surface area contributed by atoms with Crippen molar-refractivity contribution in [2.75, 3.05) is 40.5 Å². The zero-order chi connectivity index (χ0) is 23.5. The Morgan fingerprint density at radius 1 is 0.939 bits per heavy atom. The normalized spacial score (nSPS) is 19.4. The number of rotatable bonds is 6. The number of barbiturate groups is 1. The molecule has 0 spiro atoms. The van der Waals surface area contributed by atoms with Crippen molar-refractivity contribution in [2.45, 2.75) is 25.7 Å². The first-order chi connectivity index (χ1) is 16.0. The van der Waals surface area contributed by atoms with Crippen molar-refractivity contribution in [3.05, 3.63) is 64.4 Å². The molecule has 3 aliphatic rings. The van der Waals surface area contributed by atoms with Crippen LogP contribution in [0.2, 0.25) is 0 Å². The van der Waals surface area contributed by atoms with E-state index in [1.165, 1.54) is 14.1 Å². The van der Waals surface area contributed by atoms with E-state index >= 15 is 0 Å². The molecule has 0 bridgehead atoms. The molecule has 33 heavy (non-hydrogen) atoms. The predicted octanol–water partition coefficient (Wildman–Crippen LogP) is 2.53. The molecule has 0 unspecified atom stereocenters. The molecule has 1 aliphatic carbocycles. The second-order valence-corrected chi connectivity index (χ2v) is 8.32. The highest BCUT2D eigenvalue weighted by Gasteiger charge is 2.41. The molecule has 1 aromatic carbocycles. The zero-order valence-electron chi connectivity index (χ0n) is 19.0. The van der Waals surface area contributed by atoms with E-state index in [1.807, 2.05) is 36.4 Å². The number of ether oxygens (including phenoxy) is 1. The van der Waals surface area contributed by atoms with Gasteiger partial charge in [0.2, 0.25) is 0 Å². The summed E-state index contributed by atoms with van der Waals surface area (Å²) >= 11 is 0. The summed E-state index contributed by atoms with van der Waals surface area (Å²) in [6, 6.07) is 9.21. The van der Waals surface area contributed by atoms with E-state index in [0.717, 1.165) is 58.0 Å². The van der Waals surface area contributed by atoms with Crippen molar-refractivity contribution in [3.63, 3.8) is 0 Å². The number of amides is 4. The number of aliphatic hydroxyl groups excluding tert-OH is 1. The van der Waals surface area contributed by atoms with Gasteiger partial charge in [0.1, 0.15) is 5.57 Å². The number of allylic oxidation sites excluding steroid dienone is 4. The highest BCUT2D eigenvalue weighted by molar-refractivity contribution is 6.29. The fourth-order valence-corrected chi connectivity index (χ4v) is 4.63. The maximum atomic E-state index is 13.1. The number of hydrogen-bond acceptors (Lipinski definition) is 6. The molecule has 4 amide bonds. The standard InChI is InChI=1S/C25H29N3O5/c1-26-23(30)22(24(31)27(2)25(26)32)19-16-21(17-8-4-3-5-9-17)28(12-14-33-15-13-29)20-11-7-6-10-18(19)20/h3-5,8-9,16,29H,6-7,10-15H2,1-2H3. The van der Waals surface area contributed by atoms with E-state index in [4.69, 9.17) is 9.84 Å². The number of carbonyl (C=O) groups is 3. The van der Waals surface area contributed by atoms with E-state index in [2.05, 4.69) is 4.90 Å². The van der Waals surface area contributed by atoms with Crippen molar-refractivity contribution in [3.8, 4) is 0 Å². The van der Waals surface area contributed by atoms with Crippen molar-refractivity contribution >= 4 is 23.5 Å². The fourth-order valence-electron chi connectivity index (χ4n) is 4.63. The number of carbonyl (C=O) groups excluding carboxylic acids is 3. The maximum absolute atomic E-state index is 13.1. The molecule has 0 radical (unpaired) electrons. The van der Waals surface area contributed by atoms with Crippen molar-refractivity contribution in [1.82, 2.24) is 14.7 Å². The van der Waals surface area contributed by atoms with Crippen LogP contribution < -0.4 is 0 Å². The Bertz CT molecular complexity index is 1030. The van der Waals surface area contributed by atoms with Gasteiger partial charge in [0.15, 0.2) is 0 Å². The van der Waals surface area contributed by atoms with Gasteiger partial charge >= 0.3 is 6.03 Å². The van der Waals surface area contributed by atoms with Crippen LogP contribution in [0.3, 0.4) is 0 Å². The molecule has 8 heteroatoms. The number of imide groups is 2. The van der Waals surface area contributed by atoms with Crippen LogP contribution in [0.15, 0.2) is 58.8 Å². The monoisotopic (exact) mass is 451 g/mol. The van der Waals surface area contributed by atoms with Gasteiger partial charge in [0.05, 0.1) is 19.8 Å². The summed E-state index contributed by atoms with van der Waals surface area (Å²) in [5, 5.41) is 9.05. The largest absolute Gasteiger partial charge is 0.394 e. The van der Waals surface area contributed by atoms with E-state index in [9.17, 15) is 14.4 Å². The highest BCUT2D eigenvalue weighted by atomic mass is 16.5. The minimum atomic E-state index is -0.627. The minimum absolute atomic E-state index is 0.0322. The van der Waals surface area contributed by atoms with Gasteiger partial charge in [-0.1, -0.05) is 30.3 Å². The minimum Gasteiger partial charge on any atom is -0.394 e. The molecule has 8 nitrogen and oxygen atoms in total. The summed E-state index contributed by atoms with van der Waals surface area (Å²) in [7, 11) is 2.81. The van der Waals surface area contributed by atoms with Crippen LogP contribution in [0.25, 0.3) is 5.70 Å². The van der Waals surface area contributed by atoms with E-state index in [0.29, 0.717) is 18.7 Å². The summed E-state index contributed by atoms with van der Waals surface area (Å²) in [5.74, 6) is -1.14. The Morgan fingerprint density at radius 2 is 1.61 bits per heavy atom. The molecule has 4 rings (SSSR count). The molecule has 1 N–H and O–H groups in total. The first kappa shape index (κ1) is 22.9. The molecule has 1 aromatic rings. The van der Waals surface area contributed by atoms with Gasteiger partial charge in [-0.15, -0.1) is 0 Å². The average molecular weight is 452 g/mol. The lowest BCUT2D eigenvalue weighted by Gasteiger charge is -2.39. The molecule has 2 aliphatic heterocycles. The van der Waals surface area contributed by atoms with Gasteiger partial charge in [-0.3, -0.25) is 19.4 Å².